The van der Waals surface area contributed by atoms with E-state index in [-0.39, 0.29) is 0 Å². The fourth-order valence-corrected chi connectivity index (χ4v) is 4.63. The lowest BCUT2D eigenvalue weighted by atomic mass is 9.51. The van der Waals surface area contributed by atoms with Crippen molar-refractivity contribution in [2.24, 2.45) is 29.6 Å². The summed E-state index contributed by atoms with van der Waals surface area (Å²) in [5, 5.41) is 0. The average Bonchev–Trinajstić information content (AvgIpc) is 2.30. The molecule has 98 valence electrons. The first-order valence-electron chi connectivity index (χ1n) is 7.46. The van der Waals surface area contributed by atoms with E-state index in [1.54, 1.807) is 5.57 Å². The number of ether oxygens (including phenoxy) is 1. The third kappa shape index (κ3) is 1.82. The minimum absolute atomic E-state index is 0.748. The molecular weight excluding hydrogens is 208 g/mol. The lowest BCUT2D eigenvalue weighted by Gasteiger charge is -2.54. The Morgan fingerprint density at radius 3 is 2.35 bits per heavy atom. The monoisotopic (exact) mass is 236 g/mol. The quantitative estimate of drug-likeness (QED) is 0.691. The van der Waals surface area contributed by atoms with Crippen molar-refractivity contribution < 1.29 is 4.74 Å². The molecule has 0 N–H and O–H groups in total. The minimum atomic E-state index is 0.748. The van der Waals surface area contributed by atoms with E-state index in [4.69, 9.17) is 4.74 Å². The first-order chi connectivity index (χ1) is 8.19. The second-order valence-electron chi connectivity index (χ2n) is 5.91. The van der Waals surface area contributed by atoms with Gasteiger partial charge in [0.1, 0.15) is 0 Å². The highest BCUT2D eigenvalue weighted by atomic mass is 16.5. The number of fused-ring (bicyclic) bond motifs is 1. The van der Waals surface area contributed by atoms with Gasteiger partial charge in [0.05, 0.1) is 12.9 Å². The van der Waals surface area contributed by atoms with E-state index in [1.165, 1.54) is 31.4 Å². The number of methoxy groups -OCH3 is 1. The molecule has 17 heavy (non-hydrogen) atoms. The molecule has 0 saturated heterocycles. The van der Waals surface area contributed by atoms with Crippen LogP contribution >= 0.6 is 0 Å². The molecule has 0 radical (unpaired) electrons. The Morgan fingerprint density at radius 1 is 1.18 bits per heavy atom. The van der Waals surface area contributed by atoms with E-state index < -0.39 is 0 Å². The Labute approximate surface area is 107 Å². The third-order valence-corrected chi connectivity index (χ3v) is 5.47. The van der Waals surface area contributed by atoms with Crippen LogP contribution in [0.1, 0.15) is 53.4 Å². The van der Waals surface area contributed by atoms with Crippen LogP contribution in [0.3, 0.4) is 0 Å². The second-order valence-corrected chi connectivity index (χ2v) is 5.91. The molecule has 2 aliphatic rings. The van der Waals surface area contributed by atoms with Crippen LogP contribution in [-0.4, -0.2) is 7.11 Å². The SMILES string of the molecule is CCC1=C(OC)C2CC(CC)C2C(C)[C@H]1CC. The molecule has 0 spiro atoms. The van der Waals surface area contributed by atoms with Crippen LogP contribution in [-0.2, 0) is 4.74 Å². The van der Waals surface area contributed by atoms with Crippen LogP contribution in [0.25, 0.3) is 0 Å². The fourth-order valence-electron chi connectivity index (χ4n) is 4.63. The van der Waals surface area contributed by atoms with Gasteiger partial charge in [0.15, 0.2) is 0 Å². The molecule has 1 nitrogen and oxygen atoms in total. The topological polar surface area (TPSA) is 9.23 Å². The van der Waals surface area contributed by atoms with Gasteiger partial charge in [0.2, 0.25) is 0 Å². The van der Waals surface area contributed by atoms with E-state index in [1.807, 2.05) is 7.11 Å². The van der Waals surface area contributed by atoms with Gasteiger partial charge in [-0.1, -0.05) is 34.1 Å². The molecule has 4 unspecified atom stereocenters. The zero-order chi connectivity index (χ0) is 12.6. The van der Waals surface area contributed by atoms with Crippen molar-refractivity contribution in [3.63, 3.8) is 0 Å². The third-order valence-electron chi connectivity index (χ3n) is 5.47. The van der Waals surface area contributed by atoms with Crippen molar-refractivity contribution in [3.05, 3.63) is 11.3 Å². The van der Waals surface area contributed by atoms with Crippen molar-refractivity contribution >= 4 is 0 Å². The van der Waals surface area contributed by atoms with E-state index >= 15 is 0 Å². The van der Waals surface area contributed by atoms with Crippen LogP contribution < -0.4 is 0 Å². The van der Waals surface area contributed by atoms with E-state index in [9.17, 15) is 0 Å². The van der Waals surface area contributed by atoms with Gasteiger partial charge in [0.25, 0.3) is 0 Å². The molecule has 1 saturated carbocycles. The normalized spacial score (nSPS) is 40.9. The number of allylic oxidation sites excluding steroid dienone is 2. The fraction of sp³-hybridized carbons (Fsp3) is 0.875. The zero-order valence-electron chi connectivity index (χ0n) is 12.1. The Kier molecular flexibility index (Phi) is 3.85. The summed E-state index contributed by atoms with van der Waals surface area (Å²) < 4.78 is 5.78. The summed E-state index contributed by atoms with van der Waals surface area (Å²) in [5.41, 5.74) is 1.62. The molecule has 5 atom stereocenters. The maximum Gasteiger partial charge on any atom is 0.0984 e. The molecule has 1 fully saturated rings. The molecule has 1 heteroatoms. The van der Waals surface area contributed by atoms with Gasteiger partial charge in [-0.3, -0.25) is 0 Å². The molecule has 2 rings (SSSR count). The molecule has 0 bridgehead atoms. The lowest BCUT2D eigenvalue weighted by molar-refractivity contribution is -0.0247. The Balaban J connectivity index is 2.33. The summed E-state index contributed by atoms with van der Waals surface area (Å²) in [6, 6.07) is 0. The Bertz CT molecular complexity index is 305. The first kappa shape index (κ1) is 13.0. The highest BCUT2D eigenvalue weighted by Gasteiger charge is 2.51. The van der Waals surface area contributed by atoms with Crippen molar-refractivity contribution in [2.75, 3.05) is 7.11 Å². The Hall–Kier alpha value is -0.460. The average molecular weight is 236 g/mol. The van der Waals surface area contributed by atoms with E-state index in [0.717, 1.165) is 29.6 Å². The van der Waals surface area contributed by atoms with Crippen LogP contribution in [0.15, 0.2) is 11.3 Å². The van der Waals surface area contributed by atoms with E-state index in [0.29, 0.717) is 0 Å². The summed E-state index contributed by atoms with van der Waals surface area (Å²) in [7, 11) is 1.88. The van der Waals surface area contributed by atoms with E-state index in [2.05, 4.69) is 27.7 Å². The standard InChI is InChI=1S/C16H28O/c1-6-11-9-14-15(11)10(4)12(7-2)13(8-3)16(14)17-5/h10-12,14-15H,6-9H2,1-5H3/t10?,11?,12-,14?,15?/m1/s1. The Morgan fingerprint density at radius 2 is 1.88 bits per heavy atom. The van der Waals surface area contributed by atoms with Crippen molar-refractivity contribution in [1.29, 1.82) is 0 Å². The lowest BCUT2D eigenvalue weighted by Crippen LogP contribution is -2.48. The maximum absolute atomic E-state index is 5.78. The van der Waals surface area contributed by atoms with Gasteiger partial charge >= 0.3 is 0 Å². The molecule has 0 amide bonds. The van der Waals surface area contributed by atoms with Gasteiger partial charge in [-0.2, -0.15) is 0 Å². The maximum atomic E-state index is 5.78. The number of hydrogen-bond donors (Lipinski definition) is 0. The molecule has 0 aliphatic heterocycles. The van der Waals surface area contributed by atoms with Gasteiger partial charge < -0.3 is 4.74 Å². The summed E-state index contributed by atoms with van der Waals surface area (Å²) in [4.78, 5) is 0. The predicted octanol–water partition coefficient (Wildman–Crippen LogP) is 4.64. The highest BCUT2D eigenvalue weighted by Crippen LogP contribution is 2.58. The van der Waals surface area contributed by atoms with Gasteiger partial charge in [-0.05, 0) is 48.5 Å². The molecule has 2 aliphatic carbocycles. The minimum Gasteiger partial charge on any atom is -0.501 e. The summed E-state index contributed by atoms with van der Waals surface area (Å²) in [6.45, 7) is 9.46. The summed E-state index contributed by atoms with van der Waals surface area (Å²) >= 11 is 0. The summed E-state index contributed by atoms with van der Waals surface area (Å²) in [5.74, 6) is 5.59. The molecule has 0 heterocycles. The molecule has 0 aromatic carbocycles. The number of hydrogen-bond acceptors (Lipinski definition) is 1. The van der Waals surface area contributed by atoms with Gasteiger partial charge in [-0.15, -0.1) is 0 Å². The van der Waals surface area contributed by atoms with Crippen LogP contribution in [0.2, 0.25) is 0 Å². The largest absolute Gasteiger partial charge is 0.501 e. The number of rotatable bonds is 4. The van der Waals surface area contributed by atoms with Crippen molar-refractivity contribution in [3.8, 4) is 0 Å². The van der Waals surface area contributed by atoms with Crippen molar-refractivity contribution in [1.82, 2.24) is 0 Å². The van der Waals surface area contributed by atoms with Crippen LogP contribution in [0.4, 0.5) is 0 Å². The van der Waals surface area contributed by atoms with Crippen LogP contribution in [0.5, 0.6) is 0 Å². The van der Waals surface area contributed by atoms with Gasteiger partial charge in [-0.25, -0.2) is 0 Å². The first-order valence-corrected chi connectivity index (χ1v) is 7.46. The molecule has 0 aromatic heterocycles. The predicted molar refractivity (Wildman–Crippen MR) is 72.6 cm³/mol. The smallest absolute Gasteiger partial charge is 0.0984 e. The van der Waals surface area contributed by atoms with Gasteiger partial charge in [0, 0.05) is 5.92 Å². The zero-order valence-corrected chi connectivity index (χ0v) is 12.1. The molecular formula is C16H28O. The highest BCUT2D eigenvalue weighted by molar-refractivity contribution is 5.24. The van der Waals surface area contributed by atoms with Crippen LogP contribution in [0, 0.1) is 29.6 Å². The molecule has 0 aromatic rings. The van der Waals surface area contributed by atoms with Crippen molar-refractivity contribution in [2.45, 2.75) is 53.4 Å². The second kappa shape index (κ2) is 5.04. The summed E-state index contributed by atoms with van der Waals surface area (Å²) in [6.07, 6.45) is 5.16.